The summed E-state index contributed by atoms with van der Waals surface area (Å²) in [6.45, 7) is 8.19. The quantitative estimate of drug-likeness (QED) is 0.815. The molecule has 2 aliphatic rings. The Bertz CT molecular complexity index is 280. The Hall–Kier alpha value is -0.570. The fourth-order valence-electron chi connectivity index (χ4n) is 3.30. The van der Waals surface area contributed by atoms with Gasteiger partial charge in [-0.05, 0) is 58.0 Å². The van der Waals surface area contributed by atoms with Gasteiger partial charge in [0.15, 0.2) is 0 Å². The Morgan fingerprint density at radius 3 is 2.39 bits per heavy atom. The van der Waals surface area contributed by atoms with Gasteiger partial charge in [0.05, 0.1) is 5.41 Å². The maximum absolute atomic E-state index is 12.9. The molecule has 104 valence electrons. The van der Waals surface area contributed by atoms with Crippen molar-refractivity contribution in [3.63, 3.8) is 0 Å². The molecule has 1 heterocycles. The molecule has 3 heteroatoms. The van der Waals surface area contributed by atoms with Crippen molar-refractivity contribution < 1.29 is 4.79 Å². The minimum atomic E-state index is -0.0645. The van der Waals surface area contributed by atoms with Crippen LogP contribution in [0.1, 0.15) is 52.4 Å². The second-order valence-corrected chi connectivity index (χ2v) is 6.02. The van der Waals surface area contributed by atoms with Crippen LogP contribution in [0.4, 0.5) is 0 Å². The number of nitrogens with zero attached hydrogens (tertiary/aromatic N) is 1. The zero-order chi connectivity index (χ0) is 13.0. The standard InChI is InChI=1S/C15H28N2O/c1-3-15(8-10-16-11-9-15)14(18)17(4-2)12-13-6-5-7-13/h13,16H,3-12H2,1-2H3. The average molecular weight is 252 g/mol. The summed E-state index contributed by atoms with van der Waals surface area (Å²) in [6.07, 6.45) is 7.04. The van der Waals surface area contributed by atoms with Crippen LogP contribution in [0.25, 0.3) is 0 Å². The Morgan fingerprint density at radius 1 is 1.28 bits per heavy atom. The summed E-state index contributed by atoms with van der Waals surface area (Å²) >= 11 is 0. The molecule has 1 saturated carbocycles. The lowest BCUT2D eigenvalue weighted by Gasteiger charge is -2.41. The molecule has 1 amide bonds. The summed E-state index contributed by atoms with van der Waals surface area (Å²) in [5, 5.41) is 3.38. The Kier molecular flexibility index (Phi) is 4.66. The molecule has 0 unspecified atom stereocenters. The molecule has 1 aliphatic heterocycles. The lowest BCUT2D eigenvalue weighted by atomic mass is 9.75. The van der Waals surface area contributed by atoms with Crippen molar-refractivity contribution >= 4 is 5.91 Å². The molecule has 0 aromatic heterocycles. The summed E-state index contributed by atoms with van der Waals surface area (Å²) in [4.78, 5) is 15.0. The second-order valence-electron chi connectivity index (χ2n) is 6.02. The minimum Gasteiger partial charge on any atom is -0.342 e. The first kappa shape index (κ1) is 13.9. The van der Waals surface area contributed by atoms with Crippen LogP contribution < -0.4 is 5.32 Å². The first-order valence-corrected chi connectivity index (χ1v) is 7.72. The van der Waals surface area contributed by atoms with Crippen LogP contribution in [0.3, 0.4) is 0 Å². The maximum Gasteiger partial charge on any atom is 0.228 e. The second kappa shape index (κ2) is 6.05. The van der Waals surface area contributed by atoms with E-state index in [1.807, 2.05) is 0 Å². The average Bonchev–Trinajstić information content (AvgIpc) is 2.38. The number of rotatable bonds is 5. The fourth-order valence-corrected chi connectivity index (χ4v) is 3.30. The molecule has 2 fully saturated rings. The first-order valence-electron chi connectivity index (χ1n) is 7.72. The Balaban J connectivity index is 2.00. The van der Waals surface area contributed by atoms with E-state index in [0.717, 1.165) is 51.4 Å². The van der Waals surface area contributed by atoms with Crippen molar-refractivity contribution in [2.24, 2.45) is 11.3 Å². The van der Waals surface area contributed by atoms with E-state index in [2.05, 4.69) is 24.1 Å². The van der Waals surface area contributed by atoms with Crippen molar-refractivity contribution in [3.8, 4) is 0 Å². The topological polar surface area (TPSA) is 32.3 Å². The molecule has 0 radical (unpaired) electrons. The summed E-state index contributed by atoms with van der Waals surface area (Å²) < 4.78 is 0. The van der Waals surface area contributed by atoms with Crippen LogP contribution in [0.2, 0.25) is 0 Å². The number of hydrogen-bond acceptors (Lipinski definition) is 2. The molecule has 0 aromatic rings. The van der Waals surface area contributed by atoms with E-state index in [1.165, 1.54) is 19.3 Å². The normalized spacial score (nSPS) is 23.4. The summed E-state index contributed by atoms with van der Waals surface area (Å²) in [5.41, 5.74) is -0.0645. The molecule has 0 spiro atoms. The Morgan fingerprint density at radius 2 is 1.94 bits per heavy atom. The summed E-state index contributed by atoms with van der Waals surface area (Å²) in [5.74, 6) is 1.21. The van der Waals surface area contributed by atoms with E-state index in [9.17, 15) is 4.79 Å². The van der Waals surface area contributed by atoms with Gasteiger partial charge >= 0.3 is 0 Å². The highest BCUT2D eigenvalue weighted by atomic mass is 16.2. The van der Waals surface area contributed by atoms with E-state index < -0.39 is 0 Å². The number of amides is 1. The van der Waals surface area contributed by atoms with Crippen LogP contribution in [0, 0.1) is 11.3 Å². The van der Waals surface area contributed by atoms with Gasteiger partial charge in [-0.25, -0.2) is 0 Å². The number of carbonyl (C=O) groups excluding carboxylic acids is 1. The van der Waals surface area contributed by atoms with E-state index in [-0.39, 0.29) is 5.41 Å². The zero-order valence-corrected chi connectivity index (χ0v) is 12.0. The van der Waals surface area contributed by atoms with E-state index in [0.29, 0.717) is 5.91 Å². The molecular weight excluding hydrogens is 224 g/mol. The van der Waals surface area contributed by atoms with Crippen LogP contribution >= 0.6 is 0 Å². The van der Waals surface area contributed by atoms with Crippen molar-refractivity contribution in [2.75, 3.05) is 26.2 Å². The van der Waals surface area contributed by atoms with Crippen LogP contribution in [0.5, 0.6) is 0 Å². The molecular formula is C15H28N2O. The van der Waals surface area contributed by atoms with Gasteiger partial charge in [-0.3, -0.25) is 4.79 Å². The molecule has 0 atom stereocenters. The molecule has 0 aromatic carbocycles. The van der Waals surface area contributed by atoms with Gasteiger partial charge < -0.3 is 10.2 Å². The lowest BCUT2D eigenvalue weighted by molar-refractivity contribution is -0.145. The van der Waals surface area contributed by atoms with Gasteiger partial charge in [-0.15, -0.1) is 0 Å². The number of hydrogen-bond donors (Lipinski definition) is 1. The summed E-state index contributed by atoms with van der Waals surface area (Å²) in [6, 6.07) is 0. The number of nitrogens with one attached hydrogen (secondary N) is 1. The third kappa shape index (κ3) is 2.71. The monoisotopic (exact) mass is 252 g/mol. The third-order valence-corrected chi connectivity index (χ3v) is 5.06. The van der Waals surface area contributed by atoms with Crippen molar-refractivity contribution in [1.29, 1.82) is 0 Å². The van der Waals surface area contributed by atoms with E-state index in [4.69, 9.17) is 0 Å². The van der Waals surface area contributed by atoms with E-state index >= 15 is 0 Å². The molecule has 3 nitrogen and oxygen atoms in total. The molecule has 1 saturated heterocycles. The molecule has 2 rings (SSSR count). The van der Waals surface area contributed by atoms with Crippen LogP contribution in [-0.2, 0) is 4.79 Å². The predicted octanol–water partition coefficient (Wildman–Crippen LogP) is 2.41. The predicted molar refractivity (Wildman–Crippen MR) is 74.4 cm³/mol. The lowest BCUT2D eigenvalue weighted by Crippen LogP contribution is -2.50. The van der Waals surface area contributed by atoms with Gasteiger partial charge in [0, 0.05) is 13.1 Å². The minimum absolute atomic E-state index is 0.0645. The number of carbonyl (C=O) groups is 1. The van der Waals surface area contributed by atoms with Gasteiger partial charge in [0.25, 0.3) is 0 Å². The maximum atomic E-state index is 12.9. The summed E-state index contributed by atoms with van der Waals surface area (Å²) in [7, 11) is 0. The molecule has 1 aliphatic carbocycles. The van der Waals surface area contributed by atoms with Crippen LogP contribution in [-0.4, -0.2) is 37.0 Å². The zero-order valence-electron chi connectivity index (χ0n) is 12.0. The van der Waals surface area contributed by atoms with Crippen molar-refractivity contribution in [2.45, 2.75) is 52.4 Å². The fraction of sp³-hybridized carbons (Fsp3) is 0.933. The molecule has 18 heavy (non-hydrogen) atoms. The van der Waals surface area contributed by atoms with Gasteiger partial charge in [0.1, 0.15) is 0 Å². The largest absolute Gasteiger partial charge is 0.342 e. The van der Waals surface area contributed by atoms with Gasteiger partial charge in [-0.1, -0.05) is 13.3 Å². The highest BCUT2D eigenvalue weighted by Gasteiger charge is 2.40. The SMILES string of the molecule is CCN(CC1CCC1)C(=O)C1(CC)CCNCC1. The van der Waals surface area contributed by atoms with Crippen molar-refractivity contribution in [1.82, 2.24) is 10.2 Å². The molecule has 1 N–H and O–H groups in total. The third-order valence-electron chi connectivity index (χ3n) is 5.06. The first-order chi connectivity index (χ1) is 8.72. The van der Waals surface area contributed by atoms with Crippen molar-refractivity contribution in [3.05, 3.63) is 0 Å². The molecule has 0 bridgehead atoms. The van der Waals surface area contributed by atoms with Gasteiger partial charge in [0.2, 0.25) is 5.91 Å². The highest BCUT2D eigenvalue weighted by Crippen LogP contribution is 2.36. The highest BCUT2D eigenvalue weighted by molar-refractivity contribution is 5.83. The van der Waals surface area contributed by atoms with E-state index in [1.54, 1.807) is 0 Å². The van der Waals surface area contributed by atoms with Crippen LogP contribution in [0.15, 0.2) is 0 Å². The Labute approximate surface area is 111 Å². The van der Waals surface area contributed by atoms with Gasteiger partial charge in [-0.2, -0.15) is 0 Å². The smallest absolute Gasteiger partial charge is 0.228 e. The number of piperidine rings is 1.